The number of carboxylic acids is 1. The van der Waals surface area contributed by atoms with Crippen LogP contribution in [0.2, 0.25) is 0 Å². The molecule has 1 aliphatic carbocycles. The largest absolute Gasteiger partial charge is 0.481 e. The molecule has 4 rings (SSSR count). The fraction of sp³-hybridized carbons (Fsp3) is 0.556. The maximum absolute atomic E-state index is 12.7. The first-order valence-electron chi connectivity index (χ1n) is 9.00. The Morgan fingerprint density at radius 3 is 2.48 bits per heavy atom. The van der Waals surface area contributed by atoms with Gasteiger partial charge in [0.05, 0.1) is 17.5 Å². The molecule has 0 atom stereocenters. The lowest BCUT2D eigenvalue weighted by molar-refractivity contribution is -0.143. The van der Waals surface area contributed by atoms with Crippen LogP contribution in [0.1, 0.15) is 54.9 Å². The normalized spacial score (nSPS) is 19.6. The van der Waals surface area contributed by atoms with E-state index in [1.54, 1.807) is 11.0 Å². The number of amides is 1. The zero-order valence-electron chi connectivity index (χ0n) is 14.1. The minimum atomic E-state index is -0.767. The number of aromatic nitrogens is 3. The first-order valence-corrected chi connectivity index (χ1v) is 9.00. The minimum Gasteiger partial charge on any atom is -0.481 e. The summed E-state index contributed by atoms with van der Waals surface area (Å²) in [7, 11) is 0. The summed E-state index contributed by atoms with van der Waals surface area (Å²) in [6, 6.07) is 5.99. The van der Waals surface area contributed by atoms with Gasteiger partial charge in [0.25, 0.3) is 5.91 Å². The number of benzene rings is 1. The van der Waals surface area contributed by atoms with Gasteiger partial charge in [0.15, 0.2) is 0 Å². The SMILES string of the molecule is O=C(O)C1CCN(C(=O)c2ccc3c(c2)nnn3C2CCCC2)CC1. The van der Waals surface area contributed by atoms with Crippen LogP contribution in [0.15, 0.2) is 18.2 Å². The van der Waals surface area contributed by atoms with Crippen LogP contribution in [0.5, 0.6) is 0 Å². The van der Waals surface area contributed by atoms with Crippen molar-refractivity contribution < 1.29 is 14.7 Å². The van der Waals surface area contributed by atoms with Crippen LogP contribution >= 0.6 is 0 Å². The van der Waals surface area contributed by atoms with Crippen molar-refractivity contribution in [3.05, 3.63) is 23.8 Å². The number of likely N-dealkylation sites (tertiary alicyclic amines) is 1. The summed E-state index contributed by atoms with van der Waals surface area (Å²) in [6.07, 6.45) is 5.77. The van der Waals surface area contributed by atoms with E-state index in [9.17, 15) is 9.59 Å². The first kappa shape index (κ1) is 16.1. The van der Waals surface area contributed by atoms with E-state index in [-0.39, 0.29) is 11.8 Å². The number of hydrogen-bond donors (Lipinski definition) is 1. The standard InChI is InChI=1S/C18H22N4O3/c23-17(21-9-7-12(8-10-21)18(24)25)13-5-6-16-15(11-13)19-20-22(16)14-3-1-2-4-14/h5-6,11-12,14H,1-4,7-10H2,(H,24,25). The third-order valence-electron chi connectivity index (χ3n) is 5.52. The van der Waals surface area contributed by atoms with Crippen molar-refractivity contribution in [3.63, 3.8) is 0 Å². The molecule has 1 N–H and O–H groups in total. The van der Waals surface area contributed by atoms with Crippen LogP contribution in [-0.4, -0.2) is 50.0 Å². The van der Waals surface area contributed by atoms with Gasteiger partial charge in [0, 0.05) is 18.7 Å². The van der Waals surface area contributed by atoms with E-state index in [0.717, 1.165) is 23.9 Å². The molecule has 2 aliphatic rings. The van der Waals surface area contributed by atoms with Crippen LogP contribution in [0.25, 0.3) is 11.0 Å². The van der Waals surface area contributed by atoms with E-state index >= 15 is 0 Å². The van der Waals surface area contributed by atoms with Crippen LogP contribution in [0.3, 0.4) is 0 Å². The van der Waals surface area contributed by atoms with Crippen molar-refractivity contribution in [1.29, 1.82) is 0 Å². The zero-order chi connectivity index (χ0) is 17.4. The van der Waals surface area contributed by atoms with E-state index in [0.29, 0.717) is 37.5 Å². The van der Waals surface area contributed by atoms with Gasteiger partial charge in [0.2, 0.25) is 0 Å². The zero-order valence-corrected chi connectivity index (χ0v) is 14.1. The number of rotatable bonds is 3. The molecule has 1 saturated heterocycles. The van der Waals surface area contributed by atoms with Gasteiger partial charge in [-0.2, -0.15) is 0 Å². The second-order valence-electron chi connectivity index (χ2n) is 7.08. The molecular weight excluding hydrogens is 320 g/mol. The van der Waals surface area contributed by atoms with Crippen molar-refractivity contribution in [2.24, 2.45) is 5.92 Å². The number of nitrogens with zero attached hydrogens (tertiary/aromatic N) is 4. The molecule has 7 heteroatoms. The molecule has 0 radical (unpaired) electrons. The summed E-state index contributed by atoms with van der Waals surface area (Å²) in [5, 5.41) is 17.6. The van der Waals surface area contributed by atoms with Crippen LogP contribution in [-0.2, 0) is 4.79 Å². The summed E-state index contributed by atoms with van der Waals surface area (Å²) < 4.78 is 1.99. The van der Waals surface area contributed by atoms with Gasteiger partial charge in [-0.25, -0.2) is 4.68 Å². The molecular formula is C18H22N4O3. The Bertz CT molecular complexity index is 802. The lowest BCUT2D eigenvalue weighted by Crippen LogP contribution is -2.40. The summed E-state index contributed by atoms with van der Waals surface area (Å²) in [6.45, 7) is 0.977. The quantitative estimate of drug-likeness (QED) is 0.926. The molecule has 1 amide bonds. The topological polar surface area (TPSA) is 88.3 Å². The smallest absolute Gasteiger partial charge is 0.306 e. The molecule has 0 bridgehead atoms. The highest BCUT2D eigenvalue weighted by Crippen LogP contribution is 2.31. The molecule has 7 nitrogen and oxygen atoms in total. The number of hydrogen-bond acceptors (Lipinski definition) is 4. The average Bonchev–Trinajstić information content (AvgIpc) is 3.29. The fourth-order valence-electron chi connectivity index (χ4n) is 4.01. The number of carbonyl (C=O) groups is 2. The highest BCUT2D eigenvalue weighted by Gasteiger charge is 2.28. The predicted octanol–water partition coefficient (Wildman–Crippen LogP) is 2.48. The number of piperidine rings is 1. The Hall–Kier alpha value is -2.44. The van der Waals surface area contributed by atoms with Crippen LogP contribution < -0.4 is 0 Å². The maximum atomic E-state index is 12.7. The molecule has 1 aliphatic heterocycles. The van der Waals surface area contributed by atoms with Crippen molar-refractivity contribution >= 4 is 22.9 Å². The minimum absolute atomic E-state index is 0.0545. The molecule has 25 heavy (non-hydrogen) atoms. The van der Waals surface area contributed by atoms with E-state index in [1.807, 2.05) is 16.8 Å². The summed E-state index contributed by atoms with van der Waals surface area (Å²) >= 11 is 0. The Labute approximate surface area is 145 Å². The number of fused-ring (bicyclic) bond motifs is 1. The van der Waals surface area contributed by atoms with Crippen LogP contribution in [0, 0.1) is 5.92 Å². The Balaban J connectivity index is 1.52. The summed E-state index contributed by atoms with van der Waals surface area (Å²) in [5.41, 5.74) is 2.32. The molecule has 2 fully saturated rings. The lowest BCUT2D eigenvalue weighted by atomic mass is 9.96. The monoisotopic (exact) mass is 342 g/mol. The van der Waals surface area contributed by atoms with Crippen molar-refractivity contribution in [3.8, 4) is 0 Å². The second-order valence-corrected chi connectivity index (χ2v) is 7.08. The molecule has 0 unspecified atom stereocenters. The molecule has 132 valence electrons. The van der Waals surface area contributed by atoms with Gasteiger partial charge in [-0.1, -0.05) is 18.1 Å². The molecule has 0 spiro atoms. The van der Waals surface area contributed by atoms with Crippen LogP contribution in [0.4, 0.5) is 0 Å². The summed E-state index contributed by atoms with van der Waals surface area (Å²) in [5.74, 6) is -1.16. The Morgan fingerprint density at radius 2 is 1.80 bits per heavy atom. The molecule has 1 aromatic heterocycles. The van der Waals surface area contributed by atoms with E-state index in [4.69, 9.17) is 5.11 Å². The third-order valence-corrected chi connectivity index (χ3v) is 5.52. The van der Waals surface area contributed by atoms with Gasteiger partial charge in [0.1, 0.15) is 5.52 Å². The van der Waals surface area contributed by atoms with Crippen molar-refractivity contribution in [2.45, 2.75) is 44.6 Å². The molecule has 2 aromatic rings. The van der Waals surface area contributed by atoms with Crippen molar-refractivity contribution in [1.82, 2.24) is 19.9 Å². The predicted molar refractivity (Wildman–Crippen MR) is 91.3 cm³/mol. The van der Waals surface area contributed by atoms with Gasteiger partial charge >= 0.3 is 5.97 Å². The molecule has 2 heterocycles. The number of aliphatic carboxylic acids is 1. The highest BCUT2D eigenvalue weighted by atomic mass is 16.4. The fourth-order valence-corrected chi connectivity index (χ4v) is 4.01. The second kappa shape index (κ2) is 6.46. The van der Waals surface area contributed by atoms with Gasteiger partial charge in [-0.3, -0.25) is 9.59 Å². The van der Waals surface area contributed by atoms with Gasteiger partial charge in [-0.05, 0) is 43.9 Å². The lowest BCUT2D eigenvalue weighted by Gasteiger charge is -2.30. The van der Waals surface area contributed by atoms with E-state index in [1.165, 1.54) is 12.8 Å². The Kier molecular flexibility index (Phi) is 4.15. The number of carboxylic acid groups (broad SMARTS) is 1. The highest BCUT2D eigenvalue weighted by molar-refractivity contribution is 5.97. The summed E-state index contributed by atoms with van der Waals surface area (Å²) in [4.78, 5) is 25.5. The van der Waals surface area contributed by atoms with Gasteiger partial charge in [-0.15, -0.1) is 5.10 Å². The molecule has 1 aromatic carbocycles. The number of carbonyl (C=O) groups excluding carboxylic acids is 1. The van der Waals surface area contributed by atoms with Gasteiger partial charge < -0.3 is 10.0 Å². The third kappa shape index (κ3) is 2.99. The van der Waals surface area contributed by atoms with E-state index in [2.05, 4.69) is 10.3 Å². The Morgan fingerprint density at radius 1 is 1.08 bits per heavy atom. The maximum Gasteiger partial charge on any atom is 0.306 e. The average molecular weight is 342 g/mol. The van der Waals surface area contributed by atoms with Crippen molar-refractivity contribution in [2.75, 3.05) is 13.1 Å². The van der Waals surface area contributed by atoms with E-state index < -0.39 is 5.97 Å². The molecule has 1 saturated carbocycles. The first-order chi connectivity index (χ1) is 12.1.